The summed E-state index contributed by atoms with van der Waals surface area (Å²) in [4.78, 5) is -0.257. The quantitative estimate of drug-likeness (QED) is 0.781. The Balaban J connectivity index is 3.26. The average Bonchev–Trinajstić information content (AvgIpc) is 2.32. The third kappa shape index (κ3) is 3.22. The van der Waals surface area contributed by atoms with Gasteiger partial charge in [0.1, 0.15) is 10.7 Å². The summed E-state index contributed by atoms with van der Waals surface area (Å²) < 4.78 is 38.8. The maximum Gasteiger partial charge on any atom is 0.245 e. The zero-order valence-corrected chi connectivity index (χ0v) is 11.4. The van der Waals surface area contributed by atoms with Gasteiger partial charge in [-0.25, -0.2) is 12.8 Å². The SMILES string of the molecule is C#CCN(CCC)S(=O)(=O)c1cc(F)ccc1Cl. The largest absolute Gasteiger partial charge is 0.245 e. The third-order valence-corrected chi connectivity index (χ3v) is 4.58. The maximum atomic E-state index is 13.1. The molecular formula is C12H13ClFNO2S. The number of hydrogen-bond donors (Lipinski definition) is 0. The Labute approximate surface area is 112 Å². The van der Waals surface area contributed by atoms with Gasteiger partial charge in [-0.1, -0.05) is 24.4 Å². The van der Waals surface area contributed by atoms with Crippen molar-refractivity contribution in [2.75, 3.05) is 13.1 Å². The second kappa shape index (κ2) is 6.19. The van der Waals surface area contributed by atoms with Crippen LogP contribution < -0.4 is 0 Å². The van der Waals surface area contributed by atoms with Gasteiger partial charge >= 0.3 is 0 Å². The molecule has 0 spiro atoms. The summed E-state index contributed by atoms with van der Waals surface area (Å²) in [7, 11) is -3.86. The van der Waals surface area contributed by atoms with Crippen LogP contribution in [0.1, 0.15) is 13.3 Å². The van der Waals surface area contributed by atoms with Gasteiger partial charge < -0.3 is 0 Å². The predicted octanol–water partition coefficient (Wildman–Crippen LogP) is 2.51. The molecule has 0 aliphatic carbocycles. The van der Waals surface area contributed by atoms with Gasteiger partial charge in [0.25, 0.3) is 0 Å². The van der Waals surface area contributed by atoms with Crippen molar-refractivity contribution < 1.29 is 12.8 Å². The fourth-order valence-corrected chi connectivity index (χ4v) is 3.38. The summed E-state index contributed by atoms with van der Waals surface area (Å²) in [5.74, 6) is 1.62. The second-order valence-electron chi connectivity index (χ2n) is 3.62. The smallest absolute Gasteiger partial charge is 0.207 e. The van der Waals surface area contributed by atoms with Crippen LogP contribution in [0.3, 0.4) is 0 Å². The molecule has 0 unspecified atom stereocenters. The molecule has 18 heavy (non-hydrogen) atoms. The van der Waals surface area contributed by atoms with Gasteiger partial charge in [-0.2, -0.15) is 4.31 Å². The molecule has 0 heterocycles. The van der Waals surface area contributed by atoms with E-state index in [-0.39, 0.29) is 23.0 Å². The van der Waals surface area contributed by atoms with E-state index in [1.807, 2.05) is 6.92 Å². The summed E-state index contributed by atoms with van der Waals surface area (Å²) in [5.41, 5.74) is 0. The number of hydrogen-bond acceptors (Lipinski definition) is 2. The molecule has 98 valence electrons. The zero-order chi connectivity index (χ0) is 13.8. The molecule has 0 bridgehead atoms. The Morgan fingerprint density at radius 2 is 2.17 bits per heavy atom. The van der Waals surface area contributed by atoms with Crippen LogP contribution in [-0.2, 0) is 10.0 Å². The van der Waals surface area contributed by atoms with Crippen molar-refractivity contribution >= 4 is 21.6 Å². The Morgan fingerprint density at radius 3 is 2.72 bits per heavy atom. The Kier molecular flexibility index (Phi) is 5.15. The van der Waals surface area contributed by atoms with Crippen molar-refractivity contribution in [1.82, 2.24) is 4.31 Å². The van der Waals surface area contributed by atoms with E-state index in [9.17, 15) is 12.8 Å². The lowest BCUT2D eigenvalue weighted by Crippen LogP contribution is -2.32. The van der Waals surface area contributed by atoms with Crippen LogP contribution >= 0.6 is 11.6 Å². The first kappa shape index (κ1) is 15.0. The highest BCUT2D eigenvalue weighted by Gasteiger charge is 2.25. The normalized spacial score (nSPS) is 11.5. The Morgan fingerprint density at radius 1 is 1.50 bits per heavy atom. The van der Waals surface area contributed by atoms with Gasteiger partial charge in [-0.05, 0) is 24.6 Å². The number of sulfonamides is 1. The van der Waals surface area contributed by atoms with Gasteiger partial charge in [0.15, 0.2) is 0 Å². The van der Waals surface area contributed by atoms with E-state index < -0.39 is 15.8 Å². The van der Waals surface area contributed by atoms with Crippen molar-refractivity contribution in [2.24, 2.45) is 0 Å². The molecule has 0 aliphatic heterocycles. The van der Waals surface area contributed by atoms with Crippen LogP contribution in [-0.4, -0.2) is 25.8 Å². The zero-order valence-electron chi connectivity index (χ0n) is 9.86. The molecule has 0 atom stereocenters. The van der Waals surface area contributed by atoms with Gasteiger partial charge in [-0.15, -0.1) is 6.42 Å². The fourth-order valence-electron chi connectivity index (χ4n) is 1.45. The monoisotopic (exact) mass is 289 g/mol. The van der Waals surface area contributed by atoms with E-state index in [0.717, 1.165) is 16.4 Å². The summed E-state index contributed by atoms with van der Waals surface area (Å²) in [6, 6.07) is 3.22. The van der Waals surface area contributed by atoms with E-state index in [0.29, 0.717) is 6.42 Å². The molecule has 6 heteroatoms. The molecular weight excluding hydrogens is 277 g/mol. The molecule has 0 aliphatic rings. The molecule has 0 saturated carbocycles. The van der Waals surface area contributed by atoms with Crippen LogP contribution in [0.4, 0.5) is 4.39 Å². The van der Waals surface area contributed by atoms with Crippen LogP contribution in [0.5, 0.6) is 0 Å². The highest BCUT2D eigenvalue weighted by molar-refractivity contribution is 7.89. The molecule has 0 radical (unpaired) electrons. The van der Waals surface area contributed by atoms with Crippen LogP contribution in [0, 0.1) is 18.2 Å². The lowest BCUT2D eigenvalue weighted by atomic mass is 10.3. The first-order chi connectivity index (χ1) is 8.43. The molecule has 0 aromatic heterocycles. The van der Waals surface area contributed by atoms with E-state index in [1.54, 1.807) is 0 Å². The summed E-state index contributed by atoms with van der Waals surface area (Å²) in [6.07, 6.45) is 5.74. The Hall–Kier alpha value is -1.09. The lowest BCUT2D eigenvalue weighted by molar-refractivity contribution is 0.445. The number of rotatable bonds is 5. The van der Waals surface area contributed by atoms with E-state index in [4.69, 9.17) is 18.0 Å². The van der Waals surface area contributed by atoms with Crippen molar-refractivity contribution in [1.29, 1.82) is 0 Å². The van der Waals surface area contributed by atoms with Crippen molar-refractivity contribution in [3.8, 4) is 12.3 Å². The maximum absolute atomic E-state index is 13.1. The standard InChI is InChI=1S/C12H13ClFNO2S/c1-3-7-15(8-4-2)18(16,17)12-9-10(14)5-6-11(12)13/h1,5-6,9H,4,7-8H2,2H3. The van der Waals surface area contributed by atoms with Crippen LogP contribution in [0.15, 0.2) is 23.1 Å². The summed E-state index contributed by atoms with van der Waals surface area (Å²) in [6.45, 7) is 2.02. The topological polar surface area (TPSA) is 37.4 Å². The fraction of sp³-hybridized carbons (Fsp3) is 0.333. The Bertz CT molecular complexity index is 566. The molecule has 0 N–H and O–H groups in total. The summed E-state index contributed by atoms with van der Waals surface area (Å²) in [5, 5.41) is -0.0190. The number of nitrogens with zero attached hydrogens (tertiary/aromatic N) is 1. The minimum Gasteiger partial charge on any atom is -0.207 e. The third-order valence-electron chi connectivity index (χ3n) is 2.25. The van der Waals surface area contributed by atoms with Gasteiger partial charge in [0.2, 0.25) is 10.0 Å². The molecule has 0 saturated heterocycles. The molecule has 1 aromatic rings. The van der Waals surface area contributed by atoms with Gasteiger partial charge in [-0.3, -0.25) is 0 Å². The van der Waals surface area contributed by atoms with Crippen LogP contribution in [0.2, 0.25) is 5.02 Å². The van der Waals surface area contributed by atoms with Gasteiger partial charge in [0, 0.05) is 6.54 Å². The predicted molar refractivity (Wildman–Crippen MR) is 69.3 cm³/mol. The number of benzene rings is 1. The van der Waals surface area contributed by atoms with Gasteiger partial charge in [0.05, 0.1) is 11.6 Å². The second-order valence-corrected chi connectivity index (χ2v) is 5.93. The van der Waals surface area contributed by atoms with Crippen LogP contribution in [0.25, 0.3) is 0 Å². The minimum atomic E-state index is -3.86. The molecule has 0 amide bonds. The highest BCUT2D eigenvalue weighted by Crippen LogP contribution is 2.25. The first-order valence-corrected chi connectivity index (χ1v) is 7.14. The molecule has 1 aromatic carbocycles. The molecule has 1 rings (SSSR count). The van der Waals surface area contributed by atoms with E-state index in [1.165, 1.54) is 6.07 Å². The van der Waals surface area contributed by atoms with Crippen molar-refractivity contribution in [3.05, 3.63) is 29.0 Å². The van der Waals surface area contributed by atoms with E-state index >= 15 is 0 Å². The summed E-state index contributed by atoms with van der Waals surface area (Å²) >= 11 is 5.80. The van der Waals surface area contributed by atoms with E-state index in [2.05, 4.69) is 5.92 Å². The first-order valence-electron chi connectivity index (χ1n) is 5.32. The lowest BCUT2D eigenvalue weighted by Gasteiger charge is -2.19. The molecule has 3 nitrogen and oxygen atoms in total. The average molecular weight is 290 g/mol. The van der Waals surface area contributed by atoms with Crippen molar-refractivity contribution in [2.45, 2.75) is 18.2 Å². The van der Waals surface area contributed by atoms with Crippen molar-refractivity contribution in [3.63, 3.8) is 0 Å². The number of halogens is 2. The minimum absolute atomic E-state index is 0.0190. The highest BCUT2D eigenvalue weighted by atomic mass is 35.5. The molecule has 0 fully saturated rings. The number of terminal acetylenes is 1.